The molecule has 1 aromatic carbocycles. The SMILES string of the molecule is CCCNCc1ccc(OC)c(COC(C)CC(C)C)c1. The van der Waals surface area contributed by atoms with Crippen LogP contribution >= 0.6 is 0 Å². The fourth-order valence-electron chi connectivity index (χ4n) is 2.43. The zero-order valence-electron chi connectivity index (χ0n) is 14.2. The molecule has 0 radical (unpaired) electrons. The number of ether oxygens (including phenoxy) is 2. The van der Waals surface area contributed by atoms with Crippen LogP contribution in [0, 0.1) is 5.92 Å². The lowest BCUT2D eigenvalue weighted by atomic mass is 10.1. The molecule has 0 bridgehead atoms. The fourth-order valence-corrected chi connectivity index (χ4v) is 2.43. The first-order valence-corrected chi connectivity index (χ1v) is 8.04. The van der Waals surface area contributed by atoms with Crippen LogP contribution in [-0.2, 0) is 17.9 Å². The molecule has 0 saturated heterocycles. The van der Waals surface area contributed by atoms with Crippen LogP contribution in [0.3, 0.4) is 0 Å². The summed E-state index contributed by atoms with van der Waals surface area (Å²) < 4.78 is 11.4. The van der Waals surface area contributed by atoms with Crippen molar-refractivity contribution in [1.82, 2.24) is 5.32 Å². The first-order valence-electron chi connectivity index (χ1n) is 8.04. The van der Waals surface area contributed by atoms with Gasteiger partial charge in [-0.15, -0.1) is 0 Å². The summed E-state index contributed by atoms with van der Waals surface area (Å²) in [4.78, 5) is 0. The Labute approximate surface area is 130 Å². The van der Waals surface area contributed by atoms with Gasteiger partial charge in [-0.2, -0.15) is 0 Å². The molecule has 21 heavy (non-hydrogen) atoms. The summed E-state index contributed by atoms with van der Waals surface area (Å²) in [5, 5.41) is 3.43. The third-order valence-corrected chi connectivity index (χ3v) is 3.43. The fraction of sp³-hybridized carbons (Fsp3) is 0.667. The lowest BCUT2D eigenvalue weighted by Gasteiger charge is -2.17. The maximum absolute atomic E-state index is 5.96. The van der Waals surface area contributed by atoms with E-state index in [0.717, 1.165) is 37.2 Å². The molecule has 3 nitrogen and oxygen atoms in total. The van der Waals surface area contributed by atoms with Crippen molar-refractivity contribution in [3.05, 3.63) is 29.3 Å². The number of benzene rings is 1. The Morgan fingerprint density at radius 3 is 2.57 bits per heavy atom. The van der Waals surface area contributed by atoms with Crippen molar-refractivity contribution in [3.63, 3.8) is 0 Å². The van der Waals surface area contributed by atoms with Gasteiger partial charge in [-0.3, -0.25) is 0 Å². The van der Waals surface area contributed by atoms with E-state index in [9.17, 15) is 0 Å². The van der Waals surface area contributed by atoms with Crippen LogP contribution in [-0.4, -0.2) is 19.8 Å². The molecule has 0 aromatic heterocycles. The van der Waals surface area contributed by atoms with Gasteiger partial charge in [-0.1, -0.05) is 26.8 Å². The van der Waals surface area contributed by atoms with Crippen LogP contribution in [0.5, 0.6) is 5.75 Å². The molecule has 0 aliphatic rings. The monoisotopic (exact) mass is 293 g/mol. The Morgan fingerprint density at radius 1 is 1.19 bits per heavy atom. The van der Waals surface area contributed by atoms with E-state index in [1.54, 1.807) is 7.11 Å². The third kappa shape index (κ3) is 6.96. The molecule has 0 aliphatic carbocycles. The summed E-state index contributed by atoms with van der Waals surface area (Å²) in [6.07, 6.45) is 2.51. The van der Waals surface area contributed by atoms with Crippen LogP contribution < -0.4 is 10.1 Å². The summed E-state index contributed by atoms with van der Waals surface area (Å²) in [6.45, 7) is 11.3. The highest BCUT2D eigenvalue weighted by atomic mass is 16.5. The van der Waals surface area contributed by atoms with Crippen molar-refractivity contribution in [2.24, 2.45) is 5.92 Å². The van der Waals surface area contributed by atoms with E-state index >= 15 is 0 Å². The smallest absolute Gasteiger partial charge is 0.124 e. The Morgan fingerprint density at radius 2 is 1.95 bits per heavy atom. The Hall–Kier alpha value is -1.06. The first kappa shape index (κ1) is 18.0. The molecular formula is C18H31NO2. The molecule has 1 N–H and O–H groups in total. The van der Waals surface area contributed by atoms with Crippen LogP contribution in [0.1, 0.15) is 51.7 Å². The standard InChI is InChI=1S/C18H31NO2/c1-6-9-19-12-16-7-8-18(20-5)17(11-16)13-21-15(4)10-14(2)3/h7-8,11,14-15,19H,6,9-10,12-13H2,1-5H3. The molecule has 0 heterocycles. The van der Waals surface area contributed by atoms with E-state index in [1.165, 1.54) is 5.56 Å². The average molecular weight is 293 g/mol. The normalized spacial score (nSPS) is 12.7. The first-order chi connectivity index (χ1) is 10.1. The maximum atomic E-state index is 5.96. The zero-order chi connectivity index (χ0) is 15.7. The molecule has 1 atom stereocenters. The molecule has 0 spiro atoms. The van der Waals surface area contributed by atoms with Crippen molar-refractivity contribution < 1.29 is 9.47 Å². The van der Waals surface area contributed by atoms with Crippen LogP contribution in [0.4, 0.5) is 0 Å². The second-order valence-corrected chi connectivity index (χ2v) is 6.07. The van der Waals surface area contributed by atoms with Crippen LogP contribution in [0.25, 0.3) is 0 Å². The van der Waals surface area contributed by atoms with Gasteiger partial charge in [-0.25, -0.2) is 0 Å². The third-order valence-electron chi connectivity index (χ3n) is 3.43. The molecule has 1 aromatic rings. The maximum Gasteiger partial charge on any atom is 0.124 e. The van der Waals surface area contributed by atoms with Gasteiger partial charge in [0.1, 0.15) is 5.75 Å². The molecule has 1 rings (SSSR count). The molecule has 1 unspecified atom stereocenters. The minimum atomic E-state index is 0.275. The van der Waals surface area contributed by atoms with Crippen molar-refractivity contribution >= 4 is 0 Å². The van der Waals surface area contributed by atoms with Crippen LogP contribution in [0.2, 0.25) is 0 Å². The molecular weight excluding hydrogens is 262 g/mol. The summed E-state index contributed by atoms with van der Waals surface area (Å²) in [5.41, 5.74) is 2.41. The van der Waals surface area contributed by atoms with E-state index in [-0.39, 0.29) is 6.10 Å². The lowest BCUT2D eigenvalue weighted by Crippen LogP contribution is -2.14. The molecule has 3 heteroatoms. The molecule has 0 saturated carbocycles. The van der Waals surface area contributed by atoms with Gasteiger partial charge in [0.15, 0.2) is 0 Å². The number of hydrogen-bond acceptors (Lipinski definition) is 3. The molecule has 0 amide bonds. The van der Waals surface area contributed by atoms with Gasteiger partial charge in [0.2, 0.25) is 0 Å². The van der Waals surface area contributed by atoms with Gasteiger partial charge in [-0.05, 0) is 49.9 Å². The predicted octanol–water partition coefficient (Wildman–Crippen LogP) is 4.15. The van der Waals surface area contributed by atoms with Gasteiger partial charge in [0, 0.05) is 12.1 Å². The average Bonchev–Trinajstić information content (AvgIpc) is 2.45. The largest absolute Gasteiger partial charge is 0.496 e. The lowest BCUT2D eigenvalue weighted by molar-refractivity contribution is 0.0387. The van der Waals surface area contributed by atoms with Crippen LogP contribution in [0.15, 0.2) is 18.2 Å². The number of nitrogens with one attached hydrogen (secondary N) is 1. The number of hydrogen-bond donors (Lipinski definition) is 1. The minimum absolute atomic E-state index is 0.275. The highest BCUT2D eigenvalue weighted by molar-refractivity contribution is 5.36. The van der Waals surface area contributed by atoms with Crippen molar-refractivity contribution in [2.75, 3.05) is 13.7 Å². The highest BCUT2D eigenvalue weighted by Gasteiger charge is 2.09. The van der Waals surface area contributed by atoms with Gasteiger partial charge >= 0.3 is 0 Å². The number of methoxy groups -OCH3 is 1. The topological polar surface area (TPSA) is 30.5 Å². The van der Waals surface area contributed by atoms with Gasteiger partial charge in [0.05, 0.1) is 19.8 Å². The highest BCUT2D eigenvalue weighted by Crippen LogP contribution is 2.22. The summed E-state index contributed by atoms with van der Waals surface area (Å²) in [6, 6.07) is 6.33. The summed E-state index contributed by atoms with van der Waals surface area (Å²) >= 11 is 0. The zero-order valence-corrected chi connectivity index (χ0v) is 14.2. The molecule has 0 fully saturated rings. The second kappa shape index (κ2) is 9.80. The Balaban J connectivity index is 2.62. The molecule has 0 aliphatic heterocycles. The quantitative estimate of drug-likeness (QED) is 0.657. The van der Waals surface area contributed by atoms with Crippen molar-refractivity contribution in [3.8, 4) is 5.75 Å². The van der Waals surface area contributed by atoms with E-state index in [2.05, 4.69) is 45.1 Å². The second-order valence-electron chi connectivity index (χ2n) is 6.07. The minimum Gasteiger partial charge on any atom is -0.496 e. The van der Waals surface area contributed by atoms with E-state index in [1.807, 2.05) is 6.07 Å². The van der Waals surface area contributed by atoms with E-state index in [4.69, 9.17) is 9.47 Å². The Kier molecular flexibility index (Phi) is 8.40. The Bertz CT molecular complexity index is 404. The number of rotatable bonds is 10. The van der Waals surface area contributed by atoms with Crippen molar-refractivity contribution in [1.29, 1.82) is 0 Å². The predicted molar refractivity (Wildman–Crippen MR) is 88.7 cm³/mol. The summed E-state index contributed by atoms with van der Waals surface area (Å²) in [5.74, 6) is 1.57. The molecule has 120 valence electrons. The van der Waals surface area contributed by atoms with Gasteiger partial charge < -0.3 is 14.8 Å². The van der Waals surface area contributed by atoms with E-state index in [0.29, 0.717) is 12.5 Å². The van der Waals surface area contributed by atoms with E-state index < -0.39 is 0 Å². The summed E-state index contributed by atoms with van der Waals surface area (Å²) in [7, 11) is 1.71. The van der Waals surface area contributed by atoms with Gasteiger partial charge in [0.25, 0.3) is 0 Å². The van der Waals surface area contributed by atoms with Crippen molar-refractivity contribution in [2.45, 2.75) is 59.8 Å².